The molecule has 1 aliphatic heterocycles. The van der Waals surface area contributed by atoms with E-state index in [2.05, 4.69) is 10.6 Å². The van der Waals surface area contributed by atoms with Crippen LogP contribution in [0.5, 0.6) is 0 Å². The van der Waals surface area contributed by atoms with Gasteiger partial charge in [0.05, 0.1) is 22.3 Å². The second-order valence-corrected chi connectivity index (χ2v) is 6.55. The zero-order chi connectivity index (χ0) is 18.0. The maximum Gasteiger partial charge on any atom is 0.243 e. The summed E-state index contributed by atoms with van der Waals surface area (Å²) >= 11 is 12.0. The summed E-state index contributed by atoms with van der Waals surface area (Å²) in [6.45, 7) is 2.30. The van der Waals surface area contributed by atoms with Gasteiger partial charge in [0.1, 0.15) is 0 Å². The number of anilines is 3. The minimum Gasteiger partial charge on any atom is -0.375 e. The second-order valence-electron chi connectivity index (χ2n) is 5.77. The van der Waals surface area contributed by atoms with Crippen LogP contribution in [-0.4, -0.2) is 24.9 Å². The quantitative estimate of drug-likeness (QED) is 0.847. The fourth-order valence-corrected chi connectivity index (χ4v) is 3.19. The lowest BCUT2D eigenvalue weighted by molar-refractivity contribution is -0.116. The smallest absolute Gasteiger partial charge is 0.243 e. The van der Waals surface area contributed by atoms with Gasteiger partial charge in [-0.05, 0) is 42.3 Å². The molecular formula is C18H17Cl2N3O2. The number of nitrogens with one attached hydrogen (secondary N) is 2. The van der Waals surface area contributed by atoms with Crippen LogP contribution in [0.1, 0.15) is 12.5 Å². The summed E-state index contributed by atoms with van der Waals surface area (Å²) < 4.78 is 0. The summed E-state index contributed by atoms with van der Waals surface area (Å²) in [5, 5.41) is 6.62. The van der Waals surface area contributed by atoms with Gasteiger partial charge in [-0.2, -0.15) is 0 Å². The molecule has 25 heavy (non-hydrogen) atoms. The number of halogens is 2. The standard InChI is InChI=1S/C18H17Cl2N3O2/c1-11(24)23-8-7-12-9-13(5-6-16(12)23)22-17(25)10-21-15-4-2-3-14(19)18(15)20/h2-6,9,21H,7-8,10H2,1H3,(H,22,25). The second kappa shape index (κ2) is 7.33. The maximum atomic E-state index is 12.1. The highest BCUT2D eigenvalue weighted by molar-refractivity contribution is 6.43. The first kappa shape index (κ1) is 17.6. The lowest BCUT2D eigenvalue weighted by Gasteiger charge is -2.15. The van der Waals surface area contributed by atoms with Gasteiger partial charge in [-0.1, -0.05) is 29.3 Å². The molecule has 0 atom stereocenters. The molecule has 5 nitrogen and oxygen atoms in total. The molecule has 0 aromatic heterocycles. The van der Waals surface area contributed by atoms with Crippen LogP contribution in [0.15, 0.2) is 36.4 Å². The van der Waals surface area contributed by atoms with Crippen LogP contribution in [0.3, 0.4) is 0 Å². The Morgan fingerprint density at radius 2 is 2.00 bits per heavy atom. The average molecular weight is 378 g/mol. The Kier molecular flexibility index (Phi) is 5.16. The first-order valence-electron chi connectivity index (χ1n) is 7.84. The van der Waals surface area contributed by atoms with E-state index in [0.717, 1.165) is 17.7 Å². The number of carbonyl (C=O) groups is 2. The van der Waals surface area contributed by atoms with E-state index in [4.69, 9.17) is 23.2 Å². The van der Waals surface area contributed by atoms with Crippen molar-refractivity contribution in [3.05, 3.63) is 52.0 Å². The van der Waals surface area contributed by atoms with Crippen LogP contribution >= 0.6 is 23.2 Å². The third kappa shape index (κ3) is 3.89. The molecular weight excluding hydrogens is 361 g/mol. The molecule has 2 amide bonds. The summed E-state index contributed by atoms with van der Waals surface area (Å²) in [4.78, 5) is 25.5. The first-order chi connectivity index (χ1) is 12.0. The Morgan fingerprint density at radius 3 is 2.76 bits per heavy atom. The Morgan fingerprint density at radius 1 is 1.20 bits per heavy atom. The van der Waals surface area contributed by atoms with Gasteiger partial charge >= 0.3 is 0 Å². The van der Waals surface area contributed by atoms with E-state index in [1.807, 2.05) is 12.1 Å². The number of carbonyl (C=O) groups excluding carboxylic acids is 2. The van der Waals surface area contributed by atoms with Gasteiger partial charge in [-0.25, -0.2) is 0 Å². The van der Waals surface area contributed by atoms with Gasteiger partial charge in [0.25, 0.3) is 0 Å². The molecule has 0 saturated heterocycles. The highest BCUT2D eigenvalue weighted by Gasteiger charge is 2.22. The fraction of sp³-hybridized carbons (Fsp3) is 0.222. The van der Waals surface area contributed by atoms with Crippen LogP contribution in [-0.2, 0) is 16.0 Å². The van der Waals surface area contributed by atoms with Crippen LogP contribution < -0.4 is 15.5 Å². The molecule has 0 saturated carbocycles. The van der Waals surface area contributed by atoms with E-state index in [9.17, 15) is 9.59 Å². The molecule has 1 aliphatic rings. The predicted octanol–water partition coefficient (Wildman–Crippen LogP) is 3.95. The van der Waals surface area contributed by atoms with Gasteiger partial charge < -0.3 is 15.5 Å². The molecule has 0 aliphatic carbocycles. The number of hydrogen-bond donors (Lipinski definition) is 2. The summed E-state index contributed by atoms with van der Waals surface area (Å²) in [6, 6.07) is 10.8. The normalized spacial score (nSPS) is 12.7. The van der Waals surface area contributed by atoms with Crippen molar-refractivity contribution in [1.82, 2.24) is 0 Å². The third-order valence-electron chi connectivity index (χ3n) is 4.03. The first-order valence-corrected chi connectivity index (χ1v) is 8.60. The van der Waals surface area contributed by atoms with E-state index in [1.54, 1.807) is 36.1 Å². The SMILES string of the molecule is CC(=O)N1CCc2cc(NC(=O)CNc3cccc(Cl)c3Cl)ccc21. The molecule has 0 radical (unpaired) electrons. The Balaban J connectivity index is 1.62. The molecule has 0 bridgehead atoms. The van der Waals surface area contributed by atoms with Crippen molar-refractivity contribution in [3.8, 4) is 0 Å². The van der Waals surface area contributed by atoms with Gasteiger partial charge in [0.2, 0.25) is 11.8 Å². The van der Waals surface area contributed by atoms with E-state index in [0.29, 0.717) is 28.0 Å². The van der Waals surface area contributed by atoms with Gasteiger partial charge in [-0.3, -0.25) is 9.59 Å². The van der Waals surface area contributed by atoms with Crippen molar-refractivity contribution in [1.29, 1.82) is 0 Å². The number of nitrogens with zero attached hydrogens (tertiary/aromatic N) is 1. The van der Waals surface area contributed by atoms with Crippen molar-refractivity contribution in [2.75, 3.05) is 28.6 Å². The van der Waals surface area contributed by atoms with Crippen LogP contribution in [0.2, 0.25) is 10.0 Å². The number of benzene rings is 2. The molecule has 1 heterocycles. The fourth-order valence-electron chi connectivity index (χ4n) is 2.83. The third-order valence-corrected chi connectivity index (χ3v) is 4.85. The van der Waals surface area contributed by atoms with Crippen LogP contribution in [0.25, 0.3) is 0 Å². The lowest BCUT2D eigenvalue weighted by atomic mass is 10.1. The summed E-state index contributed by atoms with van der Waals surface area (Å²) in [6.07, 6.45) is 0.787. The summed E-state index contributed by atoms with van der Waals surface area (Å²) in [7, 11) is 0. The van der Waals surface area contributed by atoms with Gasteiger partial charge in [0, 0.05) is 24.8 Å². The molecule has 0 spiro atoms. The zero-order valence-corrected chi connectivity index (χ0v) is 15.1. The van der Waals surface area contributed by atoms with E-state index in [1.165, 1.54) is 0 Å². The highest BCUT2D eigenvalue weighted by atomic mass is 35.5. The monoisotopic (exact) mass is 377 g/mol. The maximum absolute atomic E-state index is 12.1. The molecule has 2 N–H and O–H groups in total. The van der Waals surface area contributed by atoms with E-state index >= 15 is 0 Å². The lowest BCUT2D eigenvalue weighted by Crippen LogP contribution is -2.25. The van der Waals surface area contributed by atoms with Gasteiger partial charge in [0.15, 0.2) is 0 Å². The van der Waals surface area contributed by atoms with E-state index in [-0.39, 0.29) is 18.4 Å². The number of amides is 2. The molecule has 7 heteroatoms. The van der Waals surface area contributed by atoms with Gasteiger partial charge in [-0.15, -0.1) is 0 Å². The number of fused-ring (bicyclic) bond motifs is 1. The summed E-state index contributed by atoms with van der Waals surface area (Å²) in [5.74, 6) is -0.171. The molecule has 2 aromatic rings. The summed E-state index contributed by atoms with van der Waals surface area (Å²) in [5.41, 5.74) is 3.27. The van der Waals surface area contributed by atoms with Crippen LogP contribution in [0.4, 0.5) is 17.1 Å². The molecule has 3 rings (SSSR count). The zero-order valence-electron chi connectivity index (χ0n) is 13.6. The topological polar surface area (TPSA) is 61.4 Å². The molecule has 0 fully saturated rings. The molecule has 130 valence electrons. The minimum atomic E-state index is -0.197. The van der Waals surface area contributed by atoms with E-state index < -0.39 is 0 Å². The Bertz CT molecular complexity index is 839. The Hall–Kier alpha value is -2.24. The average Bonchev–Trinajstić information content (AvgIpc) is 2.99. The van der Waals surface area contributed by atoms with Crippen molar-refractivity contribution >= 4 is 52.1 Å². The molecule has 0 unspecified atom stereocenters. The minimum absolute atomic E-state index is 0.0261. The predicted molar refractivity (Wildman–Crippen MR) is 102 cm³/mol. The number of hydrogen-bond acceptors (Lipinski definition) is 3. The van der Waals surface area contributed by atoms with Crippen LogP contribution in [0, 0.1) is 0 Å². The van der Waals surface area contributed by atoms with Crippen molar-refractivity contribution in [3.63, 3.8) is 0 Å². The highest BCUT2D eigenvalue weighted by Crippen LogP contribution is 2.31. The van der Waals surface area contributed by atoms with Crippen molar-refractivity contribution in [2.24, 2.45) is 0 Å². The Labute approximate surface area is 155 Å². The van der Waals surface area contributed by atoms with Crippen molar-refractivity contribution < 1.29 is 9.59 Å². The number of rotatable bonds is 4. The molecule has 2 aromatic carbocycles. The largest absolute Gasteiger partial charge is 0.375 e. The van der Waals surface area contributed by atoms with Crippen molar-refractivity contribution in [2.45, 2.75) is 13.3 Å².